The van der Waals surface area contributed by atoms with Crippen LogP contribution in [0.2, 0.25) is 0 Å². The van der Waals surface area contributed by atoms with Crippen molar-refractivity contribution in [3.63, 3.8) is 0 Å². The summed E-state index contributed by atoms with van der Waals surface area (Å²) in [4.78, 5) is 12.4. The maximum Gasteiger partial charge on any atom is 0.312 e. The first-order valence-corrected chi connectivity index (χ1v) is 9.78. The molecule has 0 saturated carbocycles. The third kappa shape index (κ3) is 5.50. The topological polar surface area (TPSA) is 65.0 Å². The number of carboxylic acids is 1. The molecule has 3 aromatic rings. The lowest BCUT2D eigenvalue weighted by Gasteiger charge is -2.12. The standard InChI is InChI=1S/C22H22O5S/c1-25-17-8-10-19(11-9-17)27-13-12-26-18-6-4-16(5-7-18)15-20(22(23)24)21-3-2-14-28-21/h2-11,14,20H,12-13,15H2,1H3,(H,23,24). The second-order valence-corrected chi connectivity index (χ2v) is 7.11. The van der Waals surface area contributed by atoms with Crippen LogP contribution in [0, 0.1) is 0 Å². The van der Waals surface area contributed by atoms with Gasteiger partial charge >= 0.3 is 5.97 Å². The van der Waals surface area contributed by atoms with Crippen molar-refractivity contribution in [2.75, 3.05) is 20.3 Å². The molecule has 1 unspecified atom stereocenters. The summed E-state index contributed by atoms with van der Waals surface area (Å²) in [6.45, 7) is 0.839. The molecule has 0 radical (unpaired) electrons. The van der Waals surface area contributed by atoms with Crippen molar-refractivity contribution in [3.8, 4) is 17.2 Å². The van der Waals surface area contributed by atoms with Crippen LogP contribution < -0.4 is 14.2 Å². The minimum Gasteiger partial charge on any atom is -0.497 e. The lowest BCUT2D eigenvalue weighted by atomic mass is 9.98. The van der Waals surface area contributed by atoms with E-state index in [1.165, 1.54) is 11.3 Å². The van der Waals surface area contributed by atoms with Crippen molar-refractivity contribution in [1.82, 2.24) is 0 Å². The molecule has 0 fully saturated rings. The zero-order valence-corrected chi connectivity index (χ0v) is 16.4. The van der Waals surface area contributed by atoms with E-state index in [2.05, 4.69) is 0 Å². The molecule has 0 saturated heterocycles. The van der Waals surface area contributed by atoms with E-state index < -0.39 is 11.9 Å². The van der Waals surface area contributed by atoms with Crippen molar-refractivity contribution >= 4 is 17.3 Å². The van der Waals surface area contributed by atoms with Gasteiger partial charge in [-0.25, -0.2) is 0 Å². The smallest absolute Gasteiger partial charge is 0.312 e. The molecular weight excluding hydrogens is 376 g/mol. The van der Waals surface area contributed by atoms with E-state index in [1.807, 2.05) is 66.0 Å². The molecule has 28 heavy (non-hydrogen) atoms. The Morgan fingerprint density at radius 3 is 2.00 bits per heavy atom. The number of carbonyl (C=O) groups is 1. The molecule has 146 valence electrons. The molecule has 6 heteroatoms. The second-order valence-electron chi connectivity index (χ2n) is 6.13. The number of aliphatic carboxylic acids is 1. The number of rotatable bonds is 10. The summed E-state index contributed by atoms with van der Waals surface area (Å²) in [5.41, 5.74) is 0.961. The second kappa shape index (κ2) is 9.80. The fourth-order valence-electron chi connectivity index (χ4n) is 2.75. The van der Waals surface area contributed by atoms with Crippen molar-refractivity contribution < 1.29 is 24.1 Å². The molecule has 2 aromatic carbocycles. The average molecular weight is 398 g/mol. The zero-order valence-electron chi connectivity index (χ0n) is 15.5. The zero-order chi connectivity index (χ0) is 19.8. The van der Waals surface area contributed by atoms with Crippen molar-refractivity contribution in [2.24, 2.45) is 0 Å². The number of thiophene rings is 1. The summed E-state index contributed by atoms with van der Waals surface area (Å²) in [5.74, 6) is 0.939. The minimum atomic E-state index is -0.807. The highest BCUT2D eigenvalue weighted by Gasteiger charge is 2.21. The molecule has 0 spiro atoms. The van der Waals surface area contributed by atoms with Gasteiger partial charge < -0.3 is 19.3 Å². The Hall–Kier alpha value is -2.99. The van der Waals surface area contributed by atoms with Crippen LogP contribution in [0.4, 0.5) is 0 Å². The third-order valence-electron chi connectivity index (χ3n) is 4.23. The fraction of sp³-hybridized carbons (Fsp3) is 0.227. The summed E-state index contributed by atoms with van der Waals surface area (Å²) in [6, 6.07) is 18.6. The Morgan fingerprint density at radius 2 is 1.50 bits per heavy atom. The Balaban J connectivity index is 1.46. The predicted octanol–water partition coefficient (Wildman–Crippen LogP) is 4.63. The lowest BCUT2D eigenvalue weighted by Crippen LogP contribution is -2.13. The van der Waals surface area contributed by atoms with Gasteiger partial charge in [0.15, 0.2) is 0 Å². The normalized spacial score (nSPS) is 11.6. The number of carboxylic acid groups (broad SMARTS) is 1. The molecule has 1 atom stereocenters. The predicted molar refractivity (Wildman–Crippen MR) is 109 cm³/mol. The number of methoxy groups -OCH3 is 1. The van der Waals surface area contributed by atoms with E-state index in [1.54, 1.807) is 7.11 Å². The number of benzene rings is 2. The molecule has 0 aliphatic carbocycles. The fourth-order valence-corrected chi connectivity index (χ4v) is 3.57. The van der Waals surface area contributed by atoms with Crippen LogP contribution >= 0.6 is 11.3 Å². The van der Waals surface area contributed by atoms with Crippen LogP contribution in [-0.4, -0.2) is 31.4 Å². The Bertz CT molecular complexity index is 857. The molecule has 5 nitrogen and oxygen atoms in total. The summed E-state index contributed by atoms with van der Waals surface area (Å²) in [7, 11) is 1.62. The Labute approximate surface area is 168 Å². The molecule has 1 aromatic heterocycles. The largest absolute Gasteiger partial charge is 0.497 e. The highest BCUT2D eigenvalue weighted by molar-refractivity contribution is 7.10. The first kappa shape index (κ1) is 19.8. The molecule has 0 amide bonds. The SMILES string of the molecule is COc1ccc(OCCOc2ccc(CC(C(=O)O)c3cccs3)cc2)cc1. The monoisotopic (exact) mass is 398 g/mol. The van der Waals surface area contributed by atoms with Gasteiger partial charge in [-0.15, -0.1) is 11.3 Å². The molecule has 0 bridgehead atoms. The van der Waals surface area contributed by atoms with Crippen LogP contribution in [0.15, 0.2) is 66.0 Å². The van der Waals surface area contributed by atoms with E-state index >= 15 is 0 Å². The highest BCUT2D eigenvalue weighted by Crippen LogP contribution is 2.26. The first-order valence-electron chi connectivity index (χ1n) is 8.90. The summed E-state index contributed by atoms with van der Waals surface area (Å²) in [6.07, 6.45) is 0.455. The van der Waals surface area contributed by atoms with Crippen LogP contribution in [0.1, 0.15) is 16.4 Å². The van der Waals surface area contributed by atoms with Gasteiger partial charge in [0.1, 0.15) is 30.5 Å². The van der Waals surface area contributed by atoms with E-state index in [9.17, 15) is 9.90 Å². The van der Waals surface area contributed by atoms with E-state index in [0.717, 1.165) is 27.7 Å². The third-order valence-corrected chi connectivity index (χ3v) is 5.21. The minimum absolute atomic E-state index is 0.415. The van der Waals surface area contributed by atoms with Gasteiger partial charge in [0.2, 0.25) is 0 Å². The maximum absolute atomic E-state index is 11.6. The van der Waals surface area contributed by atoms with Crippen molar-refractivity contribution in [2.45, 2.75) is 12.3 Å². The summed E-state index contributed by atoms with van der Waals surface area (Å²) < 4.78 is 16.4. The lowest BCUT2D eigenvalue weighted by molar-refractivity contribution is -0.138. The quantitative estimate of drug-likeness (QED) is 0.505. The first-order chi connectivity index (χ1) is 13.7. The Kier molecular flexibility index (Phi) is 6.92. The van der Waals surface area contributed by atoms with Gasteiger partial charge in [0.25, 0.3) is 0 Å². The summed E-state index contributed by atoms with van der Waals surface area (Å²) in [5, 5.41) is 11.4. The highest BCUT2D eigenvalue weighted by atomic mass is 32.1. The molecule has 0 aliphatic rings. The van der Waals surface area contributed by atoms with Crippen LogP contribution in [0.3, 0.4) is 0 Å². The maximum atomic E-state index is 11.6. The molecule has 3 rings (SSSR count). The number of hydrogen-bond donors (Lipinski definition) is 1. The van der Waals surface area contributed by atoms with Gasteiger partial charge in [0, 0.05) is 4.88 Å². The van der Waals surface area contributed by atoms with Crippen LogP contribution in [-0.2, 0) is 11.2 Å². The van der Waals surface area contributed by atoms with Crippen molar-refractivity contribution in [1.29, 1.82) is 0 Å². The van der Waals surface area contributed by atoms with E-state index in [4.69, 9.17) is 14.2 Å². The number of ether oxygens (including phenoxy) is 3. The summed E-state index contributed by atoms with van der Waals surface area (Å²) >= 11 is 1.47. The molecule has 0 aliphatic heterocycles. The van der Waals surface area contributed by atoms with Gasteiger partial charge in [-0.1, -0.05) is 18.2 Å². The van der Waals surface area contributed by atoms with Gasteiger partial charge in [0.05, 0.1) is 13.0 Å². The van der Waals surface area contributed by atoms with Crippen LogP contribution in [0.5, 0.6) is 17.2 Å². The molecular formula is C22H22O5S. The van der Waals surface area contributed by atoms with Gasteiger partial charge in [-0.3, -0.25) is 4.79 Å². The average Bonchev–Trinajstić information content (AvgIpc) is 3.25. The molecule has 1 heterocycles. The van der Waals surface area contributed by atoms with Crippen LogP contribution in [0.25, 0.3) is 0 Å². The van der Waals surface area contributed by atoms with Gasteiger partial charge in [-0.2, -0.15) is 0 Å². The van der Waals surface area contributed by atoms with Gasteiger partial charge in [-0.05, 0) is 59.8 Å². The number of hydrogen-bond acceptors (Lipinski definition) is 5. The van der Waals surface area contributed by atoms with Crippen molar-refractivity contribution in [3.05, 3.63) is 76.5 Å². The van der Waals surface area contributed by atoms with E-state index in [0.29, 0.717) is 19.6 Å². The molecule has 1 N–H and O–H groups in total. The van der Waals surface area contributed by atoms with E-state index in [-0.39, 0.29) is 0 Å². The Morgan fingerprint density at radius 1 is 0.929 bits per heavy atom.